The molecule has 0 aliphatic rings. The van der Waals surface area contributed by atoms with Gasteiger partial charge in [0.1, 0.15) is 16.7 Å². The van der Waals surface area contributed by atoms with Crippen molar-refractivity contribution in [3.05, 3.63) is 36.9 Å². The smallest absolute Gasteiger partial charge is 0.480 e. The van der Waals surface area contributed by atoms with Crippen molar-refractivity contribution in [3.63, 3.8) is 0 Å². The van der Waals surface area contributed by atoms with Crippen LogP contribution in [-0.4, -0.2) is 71.1 Å². The second-order valence-corrected chi connectivity index (χ2v) is 9.30. The third-order valence-electron chi connectivity index (χ3n) is 4.97. The van der Waals surface area contributed by atoms with Crippen molar-refractivity contribution in [1.82, 2.24) is 29.4 Å². The summed E-state index contributed by atoms with van der Waals surface area (Å²) in [6.07, 6.45) is 4.67. The first-order valence-electron chi connectivity index (χ1n) is 9.89. The zero-order valence-electron chi connectivity index (χ0n) is 18.3. The molecule has 0 spiro atoms. The van der Waals surface area contributed by atoms with Gasteiger partial charge < -0.3 is 14.2 Å². The highest BCUT2D eigenvalue weighted by Gasteiger charge is 2.46. The zero-order valence-corrected chi connectivity index (χ0v) is 19.1. The molecule has 0 aliphatic carbocycles. The fraction of sp³-hybridized carbons (Fsp3) is 0.300. The zero-order chi connectivity index (χ0) is 24.7. The van der Waals surface area contributed by atoms with E-state index in [0.29, 0.717) is 28.8 Å². The maximum atomic E-state index is 12.9. The van der Waals surface area contributed by atoms with Crippen LogP contribution < -0.4 is 9.46 Å². The van der Waals surface area contributed by atoms with Crippen LogP contribution in [0, 0.1) is 0 Å². The average Bonchev–Trinajstić information content (AvgIpc) is 3.20. The van der Waals surface area contributed by atoms with Crippen molar-refractivity contribution in [1.29, 1.82) is 0 Å². The van der Waals surface area contributed by atoms with E-state index in [1.807, 2.05) is 23.6 Å². The molecule has 4 aromatic rings. The summed E-state index contributed by atoms with van der Waals surface area (Å²) < 4.78 is 70.2. The Morgan fingerprint density at radius 2 is 1.88 bits per heavy atom. The maximum absolute atomic E-state index is 12.9. The van der Waals surface area contributed by atoms with Crippen LogP contribution in [0.4, 0.5) is 18.9 Å². The van der Waals surface area contributed by atoms with Gasteiger partial charge in [-0.15, -0.1) is 0 Å². The molecule has 0 amide bonds. The van der Waals surface area contributed by atoms with Crippen LogP contribution in [0.2, 0.25) is 0 Å². The van der Waals surface area contributed by atoms with Crippen molar-refractivity contribution >= 4 is 37.8 Å². The number of pyridine rings is 3. The molecule has 14 heteroatoms. The molecule has 0 bridgehead atoms. The summed E-state index contributed by atoms with van der Waals surface area (Å²) in [4.78, 5) is 19.4. The summed E-state index contributed by atoms with van der Waals surface area (Å²) in [6.45, 7) is 1.42. The number of nitrogens with one attached hydrogen (secondary N) is 1. The van der Waals surface area contributed by atoms with E-state index < -0.39 is 21.2 Å². The van der Waals surface area contributed by atoms with Crippen molar-refractivity contribution in [2.24, 2.45) is 0 Å². The number of sulfonamides is 1. The van der Waals surface area contributed by atoms with Crippen molar-refractivity contribution in [3.8, 4) is 17.1 Å². The number of anilines is 1. The summed E-state index contributed by atoms with van der Waals surface area (Å²) >= 11 is 0. The van der Waals surface area contributed by atoms with Gasteiger partial charge in [0.2, 0.25) is 5.88 Å². The third kappa shape index (κ3) is 4.46. The van der Waals surface area contributed by atoms with Gasteiger partial charge in [-0.1, -0.05) is 0 Å². The van der Waals surface area contributed by atoms with Gasteiger partial charge in [0.15, 0.2) is 0 Å². The molecular weight excluding hydrogens is 475 g/mol. The molecule has 10 nitrogen and oxygen atoms in total. The Kier molecular flexibility index (Phi) is 6.03. The Hall–Kier alpha value is -3.52. The SMILES string of the molecule is COc1ncc(-c2ccc3ncc4ncn(CCN(C)C)c4c3n2)cc1NS(=O)(=O)C(F)(F)F. The second kappa shape index (κ2) is 8.68. The number of aromatic nitrogens is 5. The quantitative estimate of drug-likeness (QED) is 0.416. The standard InChI is InChI=1S/C20H20F3N7O3S/c1-29(2)6-7-30-11-26-16-10-24-14-5-4-13(27-17(14)18(16)30)12-8-15(19(33-3)25-9-12)28-34(31,32)20(21,22)23/h4-5,8-11,28H,6-7H2,1-3H3. The molecular formula is C20H20F3N7O3S. The van der Waals surface area contributed by atoms with Gasteiger partial charge in [0.25, 0.3) is 0 Å². The number of nitrogens with zero attached hydrogens (tertiary/aromatic N) is 6. The minimum atomic E-state index is -5.67. The number of halogens is 3. The first-order chi connectivity index (χ1) is 16.0. The van der Waals surface area contributed by atoms with Crippen LogP contribution in [0.15, 0.2) is 36.9 Å². The lowest BCUT2D eigenvalue weighted by atomic mass is 10.1. The number of rotatable bonds is 7. The summed E-state index contributed by atoms with van der Waals surface area (Å²) in [5.74, 6) is -0.316. The number of fused-ring (bicyclic) bond motifs is 3. The van der Waals surface area contributed by atoms with Crippen LogP contribution in [-0.2, 0) is 16.6 Å². The number of hydrogen-bond acceptors (Lipinski definition) is 8. The molecule has 0 unspecified atom stereocenters. The fourth-order valence-electron chi connectivity index (χ4n) is 3.28. The van der Waals surface area contributed by atoms with E-state index in [-0.39, 0.29) is 11.4 Å². The van der Waals surface area contributed by atoms with E-state index in [4.69, 9.17) is 4.74 Å². The molecule has 0 atom stereocenters. The minimum absolute atomic E-state index is 0.277. The van der Waals surface area contributed by atoms with E-state index in [1.165, 1.54) is 24.1 Å². The molecule has 0 aliphatic heterocycles. The Bertz CT molecular complexity index is 1470. The van der Waals surface area contributed by atoms with Crippen LogP contribution in [0.1, 0.15) is 0 Å². The molecule has 4 heterocycles. The van der Waals surface area contributed by atoms with E-state index in [0.717, 1.165) is 12.1 Å². The average molecular weight is 495 g/mol. The molecule has 4 rings (SSSR count). The van der Waals surface area contributed by atoms with Gasteiger partial charge in [-0.25, -0.2) is 15.0 Å². The lowest BCUT2D eigenvalue weighted by Gasteiger charge is -2.14. The first kappa shape index (κ1) is 23.6. The van der Waals surface area contributed by atoms with Crippen molar-refractivity contribution in [2.75, 3.05) is 32.5 Å². The van der Waals surface area contributed by atoms with Crippen LogP contribution in [0.3, 0.4) is 0 Å². The normalized spacial score (nSPS) is 12.6. The monoisotopic (exact) mass is 495 g/mol. The molecule has 0 radical (unpaired) electrons. The molecule has 180 valence electrons. The van der Waals surface area contributed by atoms with Gasteiger partial charge in [-0.05, 0) is 32.3 Å². The Morgan fingerprint density at radius 3 is 2.56 bits per heavy atom. The molecule has 0 fully saturated rings. The summed E-state index contributed by atoms with van der Waals surface area (Å²) in [5, 5.41) is 0. The summed E-state index contributed by atoms with van der Waals surface area (Å²) in [7, 11) is -0.598. The van der Waals surface area contributed by atoms with Crippen LogP contribution in [0.25, 0.3) is 33.3 Å². The molecule has 1 N–H and O–H groups in total. The van der Waals surface area contributed by atoms with Crippen molar-refractivity contribution < 1.29 is 26.3 Å². The Balaban J connectivity index is 1.82. The van der Waals surface area contributed by atoms with E-state index in [1.54, 1.807) is 24.7 Å². The first-order valence-corrected chi connectivity index (χ1v) is 11.4. The Morgan fingerprint density at radius 1 is 1.12 bits per heavy atom. The number of hydrogen-bond donors (Lipinski definition) is 1. The number of likely N-dealkylation sites (N-methyl/N-ethyl adjacent to an activating group) is 1. The fourth-order valence-corrected chi connectivity index (χ4v) is 3.83. The maximum Gasteiger partial charge on any atom is 0.516 e. The molecule has 0 saturated carbocycles. The van der Waals surface area contributed by atoms with Crippen molar-refractivity contribution in [2.45, 2.75) is 12.1 Å². The van der Waals surface area contributed by atoms with Crippen LogP contribution in [0.5, 0.6) is 5.88 Å². The van der Waals surface area contributed by atoms with E-state index in [9.17, 15) is 21.6 Å². The van der Waals surface area contributed by atoms with Gasteiger partial charge >= 0.3 is 15.5 Å². The number of alkyl halides is 3. The number of methoxy groups -OCH3 is 1. The molecule has 34 heavy (non-hydrogen) atoms. The predicted molar refractivity (Wildman–Crippen MR) is 120 cm³/mol. The van der Waals surface area contributed by atoms with Gasteiger partial charge in [0, 0.05) is 24.8 Å². The summed E-state index contributed by atoms with van der Waals surface area (Å²) in [6, 6.07) is 4.51. The second-order valence-electron chi connectivity index (χ2n) is 7.63. The summed E-state index contributed by atoms with van der Waals surface area (Å²) in [5.41, 5.74) is -2.80. The third-order valence-corrected chi connectivity index (χ3v) is 6.07. The lowest BCUT2D eigenvalue weighted by Crippen LogP contribution is -2.30. The van der Waals surface area contributed by atoms with Crippen LogP contribution >= 0.6 is 0 Å². The highest BCUT2D eigenvalue weighted by molar-refractivity contribution is 7.93. The number of ether oxygens (including phenoxy) is 1. The van der Waals surface area contributed by atoms with E-state index >= 15 is 0 Å². The van der Waals surface area contributed by atoms with Gasteiger partial charge in [0.05, 0.1) is 36.4 Å². The van der Waals surface area contributed by atoms with E-state index in [2.05, 4.69) is 19.9 Å². The lowest BCUT2D eigenvalue weighted by molar-refractivity contribution is -0.0429. The van der Waals surface area contributed by atoms with Gasteiger partial charge in [-0.3, -0.25) is 9.71 Å². The Labute approximate surface area is 192 Å². The predicted octanol–water partition coefficient (Wildman–Crippen LogP) is 2.87. The largest absolute Gasteiger partial charge is 0.516 e. The molecule has 0 aromatic carbocycles. The molecule has 0 saturated heterocycles. The highest BCUT2D eigenvalue weighted by atomic mass is 32.2. The highest BCUT2D eigenvalue weighted by Crippen LogP contribution is 2.33. The van der Waals surface area contributed by atoms with Gasteiger partial charge in [-0.2, -0.15) is 21.6 Å². The topological polar surface area (TPSA) is 115 Å². The minimum Gasteiger partial charge on any atom is -0.480 e. The molecule has 4 aromatic heterocycles. The number of imidazole rings is 1.